The number of anilines is 1. The average molecular weight is 323 g/mol. The van der Waals surface area contributed by atoms with E-state index in [2.05, 4.69) is 10.6 Å². The molecular formula is C16H19ClN2O3. The van der Waals surface area contributed by atoms with Gasteiger partial charge in [-0.05, 0) is 38.1 Å². The summed E-state index contributed by atoms with van der Waals surface area (Å²) in [7, 11) is 0. The Morgan fingerprint density at radius 1 is 1.32 bits per heavy atom. The number of nitrogens with one attached hydrogen (secondary N) is 2. The van der Waals surface area contributed by atoms with Crippen LogP contribution in [0.15, 0.2) is 12.1 Å². The van der Waals surface area contributed by atoms with Crippen molar-refractivity contribution in [1.82, 2.24) is 5.32 Å². The van der Waals surface area contributed by atoms with E-state index < -0.39 is 5.41 Å². The molecule has 1 amide bonds. The van der Waals surface area contributed by atoms with Gasteiger partial charge in [0, 0.05) is 17.0 Å². The van der Waals surface area contributed by atoms with Crippen molar-refractivity contribution in [2.75, 3.05) is 31.6 Å². The van der Waals surface area contributed by atoms with E-state index in [1.165, 1.54) is 0 Å². The van der Waals surface area contributed by atoms with Crippen molar-refractivity contribution in [2.24, 2.45) is 0 Å². The van der Waals surface area contributed by atoms with Gasteiger partial charge in [-0.3, -0.25) is 4.79 Å². The van der Waals surface area contributed by atoms with Gasteiger partial charge in [-0.25, -0.2) is 0 Å². The summed E-state index contributed by atoms with van der Waals surface area (Å²) in [6, 6.07) is 3.69. The van der Waals surface area contributed by atoms with Gasteiger partial charge in [0.1, 0.15) is 11.9 Å². The van der Waals surface area contributed by atoms with E-state index in [0.717, 1.165) is 50.2 Å². The topological polar surface area (TPSA) is 59.6 Å². The fraction of sp³-hybridized carbons (Fsp3) is 0.562. The molecule has 2 saturated heterocycles. The second-order valence-corrected chi connectivity index (χ2v) is 6.59. The van der Waals surface area contributed by atoms with E-state index in [4.69, 9.17) is 21.1 Å². The first-order valence-corrected chi connectivity index (χ1v) is 8.18. The first-order valence-electron chi connectivity index (χ1n) is 7.80. The van der Waals surface area contributed by atoms with Gasteiger partial charge in [0.15, 0.2) is 0 Å². The van der Waals surface area contributed by atoms with Gasteiger partial charge in [0.2, 0.25) is 5.91 Å². The first kappa shape index (κ1) is 14.3. The third-order valence-corrected chi connectivity index (χ3v) is 5.22. The van der Waals surface area contributed by atoms with E-state index in [-0.39, 0.29) is 12.0 Å². The zero-order valence-corrected chi connectivity index (χ0v) is 13.0. The number of fused-ring (bicyclic) bond motifs is 2. The molecule has 3 aliphatic rings. The Balaban J connectivity index is 1.75. The molecule has 2 N–H and O–H groups in total. The number of hydrogen-bond acceptors (Lipinski definition) is 4. The smallest absolute Gasteiger partial charge is 0.235 e. The summed E-state index contributed by atoms with van der Waals surface area (Å²) >= 11 is 6.45. The van der Waals surface area contributed by atoms with Crippen LogP contribution in [0.2, 0.25) is 5.02 Å². The van der Waals surface area contributed by atoms with Gasteiger partial charge in [0.25, 0.3) is 0 Å². The number of hydrogen-bond donors (Lipinski definition) is 2. The van der Waals surface area contributed by atoms with Crippen LogP contribution in [-0.4, -0.2) is 38.3 Å². The molecule has 0 radical (unpaired) electrons. The minimum atomic E-state index is -0.511. The van der Waals surface area contributed by atoms with Gasteiger partial charge in [-0.1, -0.05) is 11.6 Å². The van der Waals surface area contributed by atoms with Crippen molar-refractivity contribution in [3.63, 3.8) is 0 Å². The lowest BCUT2D eigenvalue weighted by atomic mass is 9.74. The lowest BCUT2D eigenvalue weighted by Gasteiger charge is -2.32. The highest BCUT2D eigenvalue weighted by atomic mass is 35.5. The number of rotatable bonds is 2. The predicted molar refractivity (Wildman–Crippen MR) is 83.7 cm³/mol. The van der Waals surface area contributed by atoms with E-state index in [0.29, 0.717) is 17.4 Å². The molecule has 1 aromatic rings. The lowest BCUT2D eigenvalue weighted by molar-refractivity contribution is -0.121. The second-order valence-electron chi connectivity index (χ2n) is 6.19. The predicted octanol–water partition coefficient (Wildman–Crippen LogP) is 2.08. The molecule has 2 fully saturated rings. The van der Waals surface area contributed by atoms with Crippen molar-refractivity contribution in [1.29, 1.82) is 0 Å². The van der Waals surface area contributed by atoms with Gasteiger partial charge in [-0.15, -0.1) is 0 Å². The van der Waals surface area contributed by atoms with Gasteiger partial charge in [0.05, 0.1) is 24.3 Å². The zero-order valence-electron chi connectivity index (χ0n) is 12.3. The van der Waals surface area contributed by atoms with Crippen LogP contribution >= 0.6 is 11.6 Å². The fourth-order valence-electron chi connectivity index (χ4n) is 3.71. The van der Waals surface area contributed by atoms with Crippen LogP contribution in [0.1, 0.15) is 24.8 Å². The van der Waals surface area contributed by atoms with E-state index in [9.17, 15) is 4.79 Å². The molecule has 6 heteroatoms. The Morgan fingerprint density at radius 2 is 2.14 bits per heavy atom. The van der Waals surface area contributed by atoms with Crippen molar-refractivity contribution in [3.8, 4) is 5.75 Å². The molecule has 3 heterocycles. The fourth-order valence-corrected chi connectivity index (χ4v) is 4.05. The number of halogens is 1. The minimum Gasteiger partial charge on any atom is -0.486 e. The van der Waals surface area contributed by atoms with Crippen LogP contribution in [0.4, 0.5) is 5.69 Å². The Hall–Kier alpha value is -1.30. The molecule has 0 aliphatic carbocycles. The lowest BCUT2D eigenvalue weighted by Crippen LogP contribution is -2.44. The molecule has 0 bridgehead atoms. The molecule has 0 aromatic heterocycles. The van der Waals surface area contributed by atoms with Crippen LogP contribution in [0.3, 0.4) is 0 Å². The minimum absolute atomic E-state index is 0.0459. The maximum Gasteiger partial charge on any atom is 0.235 e. The van der Waals surface area contributed by atoms with Gasteiger partial charge < -0.3 is 20.1 Å². The quantitative estimate of drug-likeness (QED) is 0.875. The number of carbonyl (C=O) groups is 1. The van der Waals surface area contributed by atoms with Crippen molar-refractivity contribution >= 4 is 23.2 Å². The third-order valence-electron chi connectivity index (χ3n) is 4.91. The third kappa shape index (κ3) is 2.11. The summed E-state index contributed by atoms with van der Waals surface area (Å²) in [5.41, 5.74) is 1.16. The molecule has 22 heavy (non-hydrogen) atoms. The largest absolute Gasteiger partial charge is 0.486 e. The molecule has 118 valence electrons. The number of piperidine rings is 1. The number of amides is 1. The van der Waals surface area contributed by atoms with Crippen molar-refractivity contribution < 1.29 is 14.3 Å². The number of benzene rings is 1. The number of ether oxygens (including phenoxy) is 2. The Labute approximate surface area is 134 Å². The molecule has 1 aromatic carbocycles. The standard InChI is InChI=1S/C16H19ClN2O3/c17-11-1-2-12(22-10-3-8-21-9-10)14-13(11)16(15(20)19-14)4-6-18-7-5-16/h1-2,10,18H,3-9H2,(H,19,20). The van der Waals surface area contributed by atoms with Gasteiger partial charge >= 0.3 is 0 Å². The monoisotopic (exact) mass is 322 g/mol. The summed E-state index contributed by atoms with van der Waals surface area (Å²) in [6.07, 6.45) is 2.45. The first-order chi connectivity index (χ1) is 10.7. The van der Waals surface area contributed by atoms with Gasteiger partial charge in [-0.2, -0.15) is 0 Å². The molecule has 5 nitrogen and oxygen atoms in total. The number of carbonyl (C=O) groups excluding carboxylic acids is 1. The zero-order chi connectivity index (χ0) is 15.2. The van der Waals surface area contributed by atoms with Crippen LogP contribution in [-0.2, 0) is 14.9 Å². The second kappa shape index (κ2) is 5.41. The van der Waals surface area contributed by atoms with Crippen LogP contribution in [0, 0.1) is 0 Å². The maximum atomic E-state index is 12.7. The summed E-state index contributed by atoms with van der Waals surface area (Å²) in [5.74, 6) is 0.753. The van der Waals surface area contributed by atoms with Crippen LogP contribution in [0.5, 0.6) is 5.75 Å². The molecule has 3 aliphatic heterocycles. The summed E-state index contributed by atoms with van der Waals surface area (Å²) < 4.78 is 11.4. The summed E-state index contributed by atoms with van der Waals surface area (Å²) in [5, 5.41) is 6.98. The van der Waals surface area contributed by atoms with E-state index in [1.807, 2.05) is 12.1 Å². The molecule has 1 spiro atoms. The molecule has 1 atom stereocenters. The molecule has 1 unspecified atom stereocenters. The maximum absolute atomic E-state index is 12.7. The van der Waals surface area contributed by atoms with Crippen LogP contribution < -0.4 is 15.4 Å². The summed E-state index contributed by atoms with van der Waals surface area (Å²) in [4.78, 5) is 12.7. The SMILES string of the molecule is O=C1Nc2c(OC3CCOC3)ccc(Cl)c2C12CCNCC2. The van der Waals surface area contributed by atoms with E-state index >= 15 is 0 Å². The summed E-state index contributed by atoms with van der Waals surface area (Å²) in [6.45, 7) is 2.97. The Bertz CT molecular complexity index is 608. The van der Waals surface area contributed by atoms with E-state index in [1.54, 1.807) is 0 Å². The Kier molecular flexibility index (Phi) is 3.51. The van der Waals surface area contributed by atoms with Crippen molar-refractivity contribution in [3.05, 3.63) is 22.7 Å². The molecular weight excluding hydrogens is 304 g/mol. The van der Waals surface area contributed by atoms with Crippen molar-refractivity contribution in [2.45, 2.75) is 30.8 Å². The Morgan fingerprint density at radius 3 is 2.86 bits per heavy atom. The normalized spacial score (nSPS) is 26.0. The molecule has 0 saturated carbocycles. The van der Waals surface area contributed by atoms with Crippen LogP contribution in [0.25, 0.3) is 0 Å². The highest BCUT2D eigenvalue weighted by Gasteiger charge is 2.49. The highest BCUT2D eigenvalue weighted by Crippen LogP contribution is 2.51. The average Bonchev–Trinajstić information content (AvgIpc) is 3.12. The highest BCUT2D eigenvalue weighted by molar-refractivity contribution is 6.33. The molecule has 4 rings (SSSR count).